The Labute approximate surface area is 157 Å². The van der Waals surface area contributed by atoms with Crippen molar-refractivity contribution in [3.05, 3.63) is 59.4 Å². The number of ether oxygens (including phenoxy) is 4. The number of Topliss-reactive ketones (excluding diaryl/α,β-unsaturated/α-hetero) is 1. The maximum atomic E-state index is 12.5. The molecule has 1 aliphatic rings. The van der Waals surface area contributed by atoms with Crippen molar-refractivity contribution in [1.82, 2.24) is 0 Å². The maximum Gasteiger partial charge on any atom is 0.347 e. The maximum absolute atomic E-state index is 12.5. The molecule has 1 atom stereocenters. The molecule has 2 aromatic rings. The first-order valence-corrected chi connectivity index (χ1v) is 8.57. The second kappa shape index (κ2) is 7.95. The molecule has 1 aliphatic heterocycles. The number of methoxy groups -OCH3 is 1. The molecule has 1 heterocycles. The van der Waals surface area contributed by atoms with Crippen molar-refractivity contribution in [2.45, 2.75) is 20.0 Å². The van der Waals surface area contributed by atoms with Gasteiger partial charge in [-0.15, -0.1) is 0 Å². The van der Waals surface area contributed by atoms with Crippen LogP contribution >= 0.6 is 0 Å². The quantitative estimate of drug-likeness (QED) is 0.573. The molecule has 27 heavy (non-hydrogen) atoms. The van der Waals surface area contributed by atoms with E-state index < -0.39 is 12.1 Å². The van der Waals surface area contributed by atoms with Gasteiger partial charge in [-0.05, 0) is 49.8 Å². The number of hydrogen-bond donors (Lipinski definition) is 0. The van der Waals surface area contributed by atoms with Crippen molar-refractivity contribution in [1.29, 1.82) is 0 Å². The summed E-state index contributed by atoms with van der Waals surface area (Å²) in [5.74, 6) is 1.13. The number of benzene rings is 2. The molecule has 0 fully saturated rings. The summed E-state index contributed by atoms with van der Waals surface area (Å²) in [7, 11) is 1.59. The second-order valence-corrected chi connectivity index (χ2v) is 5.88. The van der Waals surface area contributed by atoms with Crippen LogP contribution in [0.25, 0.3) is 6.08 Å². The van der Waals surface area contributed by atoms with Gasteiger partial charge in [0.15, 0.2) is 11.9 Å². The molecule has 0 saturated heterocycles. The standard InChI is InChI=1S/C21H20O6/c1-4-25-21(23)13(2)26-16-9-10-17-18(12-16)27-19(20(17)22)11-14-5-7-15(24-3)8-6-14/h5-13H,4H2,1-3H3. The Kier molecular flexibility index (Phi) is 5.45. The summed E-state index contributed by atoms with van der Waals surface area (Å²) in [4.78, 5) is 24.2. The third-order valence-electron chi connectivity index (χ3n) is 3.99. The SMILES string of the molecule is CCOC(=O)C(C)Oc1ccc2c(c1)OC(=Cc1ccc(OC)cc1)C2=O. The van der Waals surface area contributed by atoms with Crippen molar-refractivity contribution in [2.24, 2.45) is 0 Å². The molecule has 6 heteroatoms. The lowest BCUT2D eigenvalue weighted by molar-refractivity contribution is -0.150. The Hall–Kier alpha value is -3.28. The van der Waals surface area contributed by atoms with Crippen molar-refractivity contribution in [2.75, 3.05) is 13.7 Å². The van der Waals surface area contributed by atoms with Crippen LogP contribution in [0.2, 0.25) is 0 Å². The summed E-state index contributed by atoms with van der Waals surface area (Å²) in [5, 5.41) is 0. The van der Waals surface area contributed by atoms with Gasteiger partial charge < -0.3 is 18.9 Å². The van der Waals surface area contributed by atoms with Crippen LogP contribution in [0.15, 0.2) is 48.2 Å². The second-order valence-electron chi connectivity index (χ2n) is 5.88. The fourth-order valence-electron chi connectivity index (χ4n) is 2.60. The van der Waals surface area contributed by atoms with Crippen LogP contribution < -0.4 is 14.2 Å². The Morgan fingerprint density at radius 2 is 1.85 bits per heavy atom. The fourth-order valence-corrected chi connectivity index (χ4v) is 2.60. The molecule has 0 spiro atoms. The fraction of sp³-hybridized carbons (Fsp3) is 0.238. The molecule has 1 unspecified atom stereocenters. The zero-order valence-electron chi connectivity index (χ0n) is 15.4. The third-order valence-corrected chi connectivity index (χ3v) is 3.99. The molecular formula is C21H20O6. The Morgan fingerprint density at radius 1 is 1.15 bits per heavy atom. The number of esters is 1. The highest BCUT2D eigenvalue weighted by atomic mass is 16.6. The van der Waals surface area contributed by atoms with E-state index in [1.807, 2.05) is 24.3 Å². The third kappa shape index (κ3) is 4.11. The summed E-state index contributed by atoms with van der Waals surface area (Å²) < 4.78 is 21.3. The number of rotatable bonds is 6. The number of hydrogen-bond acceptors (Lipinski definition) is 6. The van der Waals surface area contributed by atoms with Crippen molar-refractivity contribution in [3.8, 4) is 17.2 Å². The van der Waals surface area contributed by atoms with Gasteiger partial charge in [-0.25, -0.2) is 4.79 Å². The normalized spacial score (nSPS) is 15.1. The van der Waals surface area contributed by atoms with E-state index in [0.29, 0.717) is 17.1 Å². The van der Waals surface area contributed by atoms with Gasteiger partial charge >= 0.3 is 5.97 Å². The first-order chi connectivity index (χ1) is 13.0. The molecule has 0 amide bonds. The summed E-state index contributed by atoms with van der Waals surface area (Å²) in [6, 6.07) is 12.1. The van der Waals surface area contributed by atoms with Gasteiger partial charge in [-0.3, -0.25) is 4.79 Å². The topological polar surface area (TPSA) is 71.1 Å². The molecule has 0 radical (unpaired) electrons. The van der Waals surface area contributed by atoms with E-state index in [-0.39, 0.29) is 18.1 Å². The van der Waals surface area contributed by atoms with Gasteiger partial charge in [-0.2, -0.15) is 0 Å². The molecule has 3 rings (SSSR count). The van der Waals surface area contributed by atoms with Crippen molar-refractivity contribution in [3.63, 3.8) is 0 Å². The Balaban J connectivity index is 1.76. The number of allylic oxidation sites excluding steroid dienone is 1. The summed E-state index contributed by atoms with van der Waals surface area (Å²) in [5.41, 5.74) is 1.27. The minimum atomic E-state index is -0.755. The van der Waals surface area contributed by atoms with Crippen LogP contribution in [-0.2, 0) is 9.53 Å². The molecule has 0 saturated carbocycles. The first kappa shape index (κ1) is 18.5. The average Bonchev–Trinajstić information content (AvgIpc) is 2.97. The van der Waals surface area contributed by atoms with Gasteiger partial charge in [0.2, 0.25) is 5.78 Å². The van der Waals surface area contributed by atoms with Gasteiger partial charge in [0, 0.05) is 6.07 Å². The smallest absolute Gasteiger partial charge is 0.347 e. The minimum absolute atomic E-state index is 0.203. The van der Waals surface area contributed by atoms with E-state index in [1.165, 1.54) is 0 Å². The highest BCUT2D eigenvalue weighted by molar-refractivity contribution is 6.14. The lowest BCUT2D eigenvalue weighted by Crippen LogP contribution is -2.26. The van der Waals surface area contributed by atoms with E-state index in [1.54, 1.807) is 45.2 Å². The van der Waals surface area contributed by atoms with Gasteiger partial charge in [0.1, 0.15) is 17.2 Å². The summed E-state index contributed by atoms with van der Waals surface area (Å²) in [6.07, 6.45) is 0.915. The van der Waals surface area contributed by atoms with Crippen LogP contribution in [0.3, 0.4) is 0 Å². The average molecular weight is 368 g/mol. The molecule has 0 aromatic heterocycles. The largest absolute Gasteiger partial charge is 0.497 e. The van der Waals surface area contributed by atoms with Gasteiger partial charge in [0.05, 0.1) is 19.3 Å². The molecular weight excluding hydrogens is 348 g/mol. The lowest BCUT2D eigenvalue weighted by Gasteiger charge is -2.13. The minimum Gasteiger partial charge on any atom is -0.497 e. The summed E-state index contributed by atoms with van der Waals surface area (Å²) in [6.45, 7) is 3.62. The first-order valence-electron chi connectivity index (χ1n) is 8.57. The van der Waals surface area contributed by atoms with E-state index >= 15 is 0 Å². The van der Waals surface area contributed by atoms with Crippen molar-refractivity contribution < 1.29 is 28.5 Å². The number of ketones is 1. The Morgan fingerprint density at radius 3 is 2.52 bits per heavy atom. The monoisotopic (exact) mass is 368 g/mol. The van der Waals surface area contributed by atoms with E-state index in [0.717, 1.165) is 11.3 Å². The molecule has 2 aromatic carbocycles. The molecule has 0 N–H and O–H groups in total. The predicted molar refractivity (Wildman–Crippen MR) is 99.1 cm³/mol. The highest BCUT2D eigenvalue weighted by Gasteiger charge is 2.28. The van der Waals surface area contributed by atoms with E-state index in [4.69, 9.17) is 18.9 Å². The number of carbonyl (C=O) groups is 2. The molecule has 140 valence electrons. The molecule has 0 aliphatic carbocycles. The zero-order chi connectivity index (χ0) is 19.4. The number of fused-ring (bicyclic) bond motifs is 1. The predicted octanol–water partition coefficient (Wildman–Crippen LogP) is 3.64. The van der Waals surface area contributed by atoms with Gasteiger partial charge in [0.25, 0.3) is 0 Å². The Bertz CT molecular complexity index is 882. The summed E-state index contributed by atoms with van der Waals surface area (Å²) >= 11 is 0. The lowest BCUT2D eigenvalue weighted by atomic mass is 10.1. The number of carbonyl (C=O) groups excluding carboxylic acids is 2. The van der Waals surface area contributed by atoms with Crippen LogP contribution in [0.4, 0.5) is 0 Å². The van der Waals surface area contributed by atoms with Gasteiger partial charge in [-0.1, -0.05) is 12.1 Å². The van der Waals surface area contributed by atoms with Crippen LogP contribution in [0.5, 0.6) is 17.2 Å². The van der Waals surface area contributed by atoms with Crippen molar-refractivity contribution >= 4 is 17.8 Å². The van der Waals surface area contributed by atoms with E-state index in [2.05, 4.69) is 0 Å². The van der Waals surface area contributed by atoms with E-state index in [9.17, 15) is 9.59 Å². The van der Waals surface area contributed by atoms with Crippen LogP contribution in [0.1, 0.15) is 29.8 Å². The highest BCUT2D eigenvalue weighted by Crippen LogP contribution is 2.35. The molecule has 0 bridgehead atoms. The van der Waals surface area contributed by atoms with Crippen LogP contribution in [0, 0.1) is 0 Å². The van der Waals surface area contributed by atoms with Crippen LogP contribution in [-0.4, -0.2) is 31.6 Å². The zero-order valence-corrected chi connectivity index (χ0v) is 15.4. The molecule has 6 nitrogen and oxygen atoms in total.